The van der Waals surface area contributed by atoms with E-state index in [-0.39, 0.29) is 23.5 Å². The topological polar surface area (TPSA) is 83.8 Å². The van der Waals surface area contributed by atoms with Crippen LogP contribution in [0.15, 0.2) is 42.5 Å². The van der Waals surface area contributed by atoms with Gasteiger partial charge < -0.3 is 4.90 Å². The van der Waals surface area contributed by atoms with Crippen molar-refractivity contribution in [3.05, 3.63) is 69.3 Å². The zero-order chi connectivity index (χ0) is 17.6. The molecular formula is C18H15N3O4. The Kier molecular flexibility index (Phi) is 3.49. The van der Waals surface area contributed by atoms with Crippen LogP contribution in [0.25, 0.3) is 0 Å². The molecule has 7 nitrogen and oxygen atoms in total. The summed E-state index contributed by atoms with van der Waals surface area (Å²) >= 11 is 0. The monoisotopic (exact) mass is 337 g/mol. The van der Waals surface area contributed by atoms with Gasteiger partial charge in [0.1, 0.15) is 12.2 Å². The van der Waals surface area contributed by atoms with Crippen molar-refractivity contribution in [3.8, 4) is 0 Å². The molecule has 2 aromatic rings. The number of carbonyl (C=O) groups excluding carboxylic acids is 2. The van der Waals surface area contributed by atoms with E-state index < -0.39 is 16.7 Å². The quantitative estimate of drug-likeness (QED) is 0.488. The molecule has 0 N–H and O–H groups in total. The number of para-hydroxylation sites is 1. The Hall–Kier alpha value is -3.22. The summed E-state index contributed by atoms with van der Waals surface area (Å²) in [6.45, 7) is 0.826. The third-order valence-electron chi connectivity index (χ3n) is 4.69. The summed E-state index contributed by atoms with van der Waals surface area (Å²) in [5.41, 5.74) is 1.85. The lowest BCUT2D eigenvalue weighted by molar-refractivity contribution is -0.385. The Balaban J connectivity index is 1.68. The molecule has 2 aliphatic rings. The van der Waals surface area contributed by atoms with Crippen molar-refractivity contribution in [2.24, 2.45) is 0 Å². The molecule has 2 aromatic carbocycles. The normalized spacial score (nSPS) is 16.0. The van der Waals surface area contributed by atoms with E-state index >= 15 is 0 Å². The molecular weight excluding hydrogens is 322 g/mol. The Morgan fingerprint density at radius 2 is 1.84 bits per heavy atom. The number of nitro groups is 1. The molecule has 0 bridgehead atoms. The molecule has 7 heteroatoms. The van der Waals surface area contributed by atoms with E-state index in [1.807, 2.05) is 29.2 Å². The second-order valence-corrected chi connectivity index (χ2v) is 6.13. The number of anilines is 1. The second kappa shape index (κ2) is 5.70. The average molecular weight is 337 g/mol. The summed E-state index contributed by atoms with van der Waals surface area (Å²) in [7, 11) is 0. The molecule has 0 saturated carbocycles. The number of hydrogen-bond acceptors (Lipinski definition) is 5. The number of nitrogens with zero attached hydrogens (tertiary/aromatic N) is 3. The third-order valence-corrected chi connectivity index (χ3v) is 4.69. The minimum Gasteiger partial charge on any atom is -0.353 e. The lowest BCUT2D eigenvalue weighted by Crippen LogP contribution is -2.43. The van der Waals surface area contributed by atoms with Gasteiger partial charge in [0.05, 0.1) is 10.5 Å². The maximum atomic E-state index is 12.7. The molecule has 0 unspecified atom stereocenters. The molecule has 2 aliphatic heterocycles. The fraction of sp³-hybridized carbons (Fsp3) is 0.222. The van der Waals surface area contributed by atoms with Gasteiger partial charge in [0.15, 0.2) is 0 Å². The first-order valence-electron chi connectivity index (χ1n) is 8.04. The Morgan fingerprint density at radius 1 is 1.04 bits per heavy atom. The predicted octanol–water partition coefficient (Wildman–Crippen LogP) is 2.60. The van der Waals surface area contributed by atoms with Gasteiger partial charge in [-0.1, -0.05) is 24.3 Å². The molecule has 126 valence electrons. The van der Waals surface area contributed by atoms with E-state index in [1.165, 1.54) is 23.8 Å². The van der Waals surface area contributed by atoms with Crippen LogP contribution in [0.2, 0.25) is 0 Å². The molecule has 2 amide bonds. The van der Waals surface area contributed by atoms with Gasteiger partial charge in [0.2, 0.25) is 0 Å². The average Bonchev–Trinajstić information content (AvgIpc) is 2.87. The molecule has 4 rings (SSSR count). The number of nitro benzene ring substituents is 1. The van der Waals surface area contributed by atoms with Gasteiger partial charge in [-0.25, -0.2) is 0 Å². The number of rotatable bonds is 3. The van der Waals surface area contributed by atoms with Crippen LogP contribution in [0.1, 0.15) is 32.7 Å². The van der Waals surface area contributed by atoms with Crippen LogP contribution in [0.4, 0.5) is 11.4 Å². The van der Waals surface area contributed by atoms with Gasteiger partial charge in [-0.05, 0) is 30.5 Å². The largest absolute Gasteiger partial charge is 0.353 e. The van der Waals surface area contributed by atoms with Crippen molar-refractivity contribution < 1.29 is 14.5 Å². The lowest BCUT2D eigenvalue weighted by Gasteiger charge is -2.33. The highest BCUT2D eigenvalue weighted by Gasteiger charge is 2.41. The van der Waals surface area contributed by atoms with Crippen molar-refractivity contribution in [2.75, 3.05) is 18.1 Å². The van der Waals surface area contributed by atoms with Gasteiger partial charge >= 0.3 is 0 Å². The Labute approximate surface area is 143 Å². The van der Waals surface area contributed by atoms with Gasteiger partial charge in [-0.3, -0.25) is 24.6 Å². The molecule has 0 fully saturated rings. The molecule has 0 aliphatic carbocycles. The van der Waals surface area contributed by atoms with Crippen LogP contribution in [0, 0.1) is 10.1 Å². The summed E-state index contributed by atoms with van der Waals surface area (Å²) in [6, 6.07) is 12.0. The highest BCUT2D eigenvalue weighted by Crippen LogP contribution is 2.32. The first-order chi connectivity index (χ1) is 12.1. The standard InChI is InChI=1S/C18H15N3O4/c22-17-13-7-3-9-15(21(24)25)16(13)18(23)20(17)11-19-10-4-6-12-5-1-2-8-14(12)19/h1-3,5,7-9H,4,6,10-11H2. The molecule has 25 heavy (non-hydrogen) atoms. The number of benzene rings is 2. The smallest absolute Gasteiger partial charge is 0.282 e. The number of fused-ring (bicyclic) bond motifs is 2. The SMILES string of the molecule is O=C1c2cccc([N+](=O)[O-])c2C(=O)N1CN1CCCc2ccccc21. The van der Waals surface area contributed by atoms with Crippen molar-refractivity contribution >= 4 is 23.2 Å². The van der Waals surface area contributed by atoms with Gasteiger partial charge in [-0.15, -0.1) is 0 Å². The molecule has 0 saturated heterocycles. The van der Waals surface area contributed by atoms with Crippen LogP contribution in [-0.4, -0.2) is 34.9 Å². The number of hydrogen-bond donors (Lipinski definition) is 0. The van der Waals surface area contributed by atoms with Crippen LogP contribution < -0.4 is 4.90 Å². The van der Waals surface area contributed by atoms with Crippen LogP contribution in [-0.2, 0) is 6.42 Å². The zero-order valence-corrected chi connectivity index (χ0v) is 13.3. The van der Waals surface area contributed by atoms with Gasteiger partial charge in [0.25, 0.3) is 17.5 Å². The molecule has 0 spiro atoms. The summed E-state index contributed by atoms with van der Waals surface area (Å²) in [5, 5.41) is 11.2. The highest BCUT2D eigenvalue weighted by molar-refractivity contribution is 6.23. The van der Waals surface area contributed by atoms with Crippen LogP contribution in [0.5, 0.6) is 0 Å². The minimum absolute atomic E-state index is 0.0977. The van der Waals surface area contributed by atoms with Crippen molar-refractivity contribution in [1.29, 1.82) is 0 Å². The van der Waals surface area contributed by atoms with E-state index in [0.29, 0.717) is 0 Å². The van der Waals surface area contributed by atoms with Crippen LogP contribution in [0.3, 0.4) is 0 Å². The van der Waals surface area contributed by atoms with Crippen molar-refractivity contribution in [2.45, 2.75) is 12.8 Å². The predicted molar refractivity (Wildman–Crippen MR) is 90.6 cm³/mol. The summed E-state index contributed by atoms with van der Waals surface area (Å²) in [5.74, 6) is -1.08. The van der Waals surface area contributed by atoms with E-state index in [0.717, 1.165) is 30.0 Å². The Morgan fingerprint density at radius 3 is 2.64 bits per heavy atom. The number of carbonyl (C=O) groups is 2. The van der Waals surface area contributed by atoms with Crippen molar-refractivity contribution in [3.63, 3.8) is 0 Å². The summed E-state index contributed by atoms with van der Waals surface area (Å²) in [6.07, 6.45) is 1.89. The fourth-order valence-corrected chi connectivity index (χ4v) is 3.53. The van der Waals surface area contributed by atoms with Crippen LogP contribution >= 0.6 is 0 Å². The molecule has 2 heterocycles. The van der Waals surface area contributed by atoms with E-state index in [4.69, 9.17) is 0 Å². The van der Waals surface area contributed by atoms with E-state index in [2.05, 4.69) is 0 Å². The van der Waals surface area contributed by atoms with E-state index in [9.17, 15) is 19.7 Å². The zero-order valence-electron chi connectivity index (χ0n) is 13.3. The molecule has 0 aromatic heterocycles. The summed E-state index contributed by atoms with van der Waals surface area (Å²) < 4.78 is 0. The fourth-order valence-electron chi connectivity index (χ4n) is 3.53. The molecule has 0 atom stereocenters. The highest BCUT2D eigenvalue weighted by atomic mass is 16.6. The lowest BCUT2D eigenvalue weighted by atomic mass is 10.0. The number of aryl methyl sites for hydroxylation is 1. The first kappa shape index (κ1) is 15.3. The first-order valence-corrected chi connectivity index (χ1v) is 8.04. The van der Waals surface area contributed by atoms with Gasteiger partial charge in [-0.2, -0.15) is 0 Å². The summed E-state index contributed by atoms with van der Waals surface area (Å²) in [4.78, 5) is 39.0. The number of amides is 2. The van der Waals surface area contributed by atoms with Crippen molar-refractivity contribution in [1.82, 2.24) is 4.90 Å². The van der Waals surface area contributed by atoms with Gasteiger partial charge in [0, 0.05) is 18.3 Å². The second-order valence-electron chi connectivity index (χ2n) is 6.13. The maximum absolute atomic E-state index is 12.7. The number of imide groups is 1. The third kappa shape index (κ3) is 2.36. The molecule has 0 radical (unpaired) electrons. The Bertz CT molecular complexity index is 909. The van der Waals surface area contributed by atoms with E-state index in [1.54, 1.807) is 0 Å². The maximum Gasteiger partial charge on any atom is 0.282 e. The minimum atomic E-state index is -0.621.